The molecule has 1 aromatic carbocycles. The Morgan fingerprint density at radius 3 is 2.07 bits per heavy atom. The van der Waals surface area contributed by atoms with Crippen LogP contribution in [0, 0.1) is 34.8 Å². The van der Waals surface area contributed by atoms with Crippen LogP contribution in [0.4, 0.5) is 14.5 Å². The number of anilines is 1. The van der Waals surface area contributed by atoms with Gasteiger partial charge in [0.05, 0.1) is 0 Å². The molecule has 29 heavy (non-hydrogen) atoms. The molecule has 0 aromatic heterocycles. The third kappa shape index (κ3) is 4.41. The lowest BCUT2D eigenvalue weighted by molar-refractivity contribution is -0.152. The maximum atomic E-state index is 13.1. The smallest absolute Gasteiger partial charge is 0.325 e. The number of ether oxygens (including phenoxy) is 1. The zero-order valence-electron chi connectivity index (χ0n) is 16.0. The van der Waals surface area contributed by atoms with E-state index in [0.717, 1.165) is 31.4 Å². The summed E-state index contributed by atoms with van der Waals surface area (Å²) in [5.41, 5.74) is -0.424. The first kappa shape index (κ1) is 19.8. The molecule has 4 aliphatic carbocycles. The van der Waals surface area contributed by atoms with Gasteiger partial charge in [0.2, 0.25) is 5.91 Å². The van der Waals surface area contributed by atoms with Crippen molar-refractivity contribution >= 4 is 23.5 Å². The number of carbonyl (C=O) groups is 3. The van der Waals surface area contributed by atoms with E-state index >= 15 is 0 Å². The van der Waals surface area contributed by atoms with Crippen LogP contribution in [0.15, 0.2) is 18.2 Å². The number of halogens is 2. The van der Waals surface area contributed by atoms with Crippen molar-refractivity contribution < 1.29 is 27.9 Å². The zero-order chi connectivity index (χ0) is 20.6. The quantitative estimate of drug-likeness (QED) is 0.712. The molecule has 1 aromatic rings. The van der Waals surface area contributed by atoms with Gasteiger partial charge in [0, 0.05) is 17.2 Å². The SMILES string of the molecule is O=C(COC(=O)CNC(=O)C12CC3CC(CC(C3)C1)C2)Nc1cc(F)cc(F)c1. The number of rotatable bonds is 6. The summed E-state index contributed by atoms with van der Waals surface area (Å²) in [4.78, 5) is 36.5. The van der Waals surface area contributed by atoms with Crippen LogP contribution < -0.4 is 10.6 Å². The second-order valence-electron chi connectivity index (χ2n) is 8.75. The van der Waals surface area contributed by atoms with Gasteiger partial charge < -0.3 is 15.4 Å². The number of hydrogen-bond donors (Lipinski definition) is 2. The number of carbonyl (C=O) groups excluding carboxylic acids is 3. The first-order valence-electron chi connectivity index (χ1n) is 10.0. The Kier molecular flexibility index (Phi) is 5.27. The number of esters is 1. The predicted molar refractivity (Wildman–Crippen MR) is 99.6 cm³/mol. The van der Waals surface area contributed by atoms with Gasteiger partial charge in [-0.2, -0.15) is 0 Å². The van der Waals surface area contributed by atoms with Crippen LogP contribution in [-0.4, -0.2) is 30.9 Å². The Labute approximate surface area is 167 Å². The highest BCUT2D eigenvalue weighted by atomic mass is 19.1. The van der Waals surface area contributed by atoms with Crippen molar-refractivity contribution in [3.05, 3.63) is 29.8 Å². The van der Waals surface area contributed by atoms with E-state index in [-0.39, 0.29) is 23.6 Å². The third-order valence-electron chi connectivity index (χ3n) is 6.42. The minimum Gasteiger partial charge on any atom is -0.454 e. The summed E-state index contributed by atoms with van der Waals surface area (Å²) in [6.07, 6.45) is 6.35. The van der Waals surface area contributed by atoms with E-state index in [9.17, 15) is 23.2 Å². The molecule has 6 nitrogen and oxygen atoms in total. The highest BCUT2D eigenvalue weighted by molar-refractivity contribution is 5.93. The first-order valence-corrected chi connectivity index (χ1v) is 10.0. The minimum absolute atomic E-state index is 0.0707. The highest BCUT2D eigenvalue weighted by Crippen LogP contribution is 2.60. The Morgan fingerprint density at radius 2 is 1.52 bits per heavy atom. The average Bonchev–Trinajstić information content (AvgIpc) is 2.62. The molecule has 4 bridgehead atoms. The van der Waals surface area contributed by atoms with Crippen molar-refractivity contribution in [3.8, 4) is 0 Å². The van der Waals surface area contributed by atoms with Crippen molar-refractivity contribution in [3.63, 3.8) is 0 Å². The molecular formula is C21H24F2N2O4. The van der Waals surface area contributed by atoms with Crippen molar-refractivity contribution in [2.24, 2.45) is 23.2 Å². The van der Waals surface area contributed by atoms with Gasteiger partial charge in [-0.1, -0.05) is 0 Å². The van der Waals surface area contributed by atoms with Crippen LogP contribution in [0.1, 0.15) is 38.5 Å². The molecule has 156 valence electrons. The van der Waals surface area contributed by atoms with E-state index in [2.05, 4.69) is 10.6 Å². The molecule has 0 atom stereocenters. The maximum Gasteiger partial charge on any atom is 0.325 e. The second kappa shape index (κ2) is 7.72. The molecular weight excluding hydrogens is 382 g/mol. The number of amides is 2. The van der Waals surface area contributed by atoms with Gasteiger partial charge in [0.1, 0.15) is 18.2 Å². The van der Waals surface area contributed by atoms with E-state index in [1.54, 1.807) is 0 Å². The van der Waals surface area contributed by atoms with Crippen molar-refractivity contribution in [1.82, 2.24) is 5.32 Å². The maximum absolute atomic E-state index is 13.1. The second-order valence-corrected chi connectivity index (χ2v) is 8.75. The molecule has 4 aliphatic rings. The number of nitrogens with one attached hydrogen (secondary N) is 2. The van der Waals surface area contributed by atoms with Gasteiger partial charge in [-0.05, 0) is 68.4 Å². The number of hydrogen-bond acceptors (Lipinski definition) is 4. The summed E-state index contributed by atoms with van der Waals surface area (Å²) < 4.78 is 31.1. The lowest BCUT2D eigenvalue weighted by atomic mass is 9.49. The Balaban J connectivity index is 1.22. The lowest BCUT2D eigenvalue weighted by Gasteiger charge is -2.55. The van der Waals surface area contributed by atoms with Crippen LogP contribution in [0.2, 0.25) is 0 Å². The van der Waals surface area contributed by atoms with Crippen molar-refractivity contribution in [1.29, 1.82) is 0 Å². The topological polar surface area (TPSA) is 84.5 Å². The summed E-state index contributed by atoms with van der Waals surface area (Å²) in [5.74, 6) is -1.34. The van der Waals surface area contributed by atoms with Gasteiger partial charge in [-0.15, -0.1) is 0 Å². The fourth-order valence-corrected chi connectivity index (χ4v) is 5.75. The van der Waals surface area contributed by atoms with E-state index in [4.69, 9.17) is 4.74 Å². The molecule has 0 saturated heterocycles. The third-order valence-corrected chi connectivity index (χ3v) is 6.42. The average molecular weight is 406 g/mol. The highest BCUT2D eigenvalue weighted by Gasteiger charge is 2.54. The van der Waals surface area contributed by atoms with E-state index in [0.29, 0.717) is 23.8 Å². The summed E-state index contributed by atoms with van der Waals surface area (Å²) in [5, 5.41) is 4.93. The van der Waals surface area contributed by atoms with Gasteiger partial charge >= 0.3 is 5.97 Å². The predicted octanol–water partition coefficient (Wildman–Crippen LogP) is 2.78. The van der Waals surface area contributed by atoms with Crippen LogP contribution >= 0.6 is 0 Å². The molecule has 0 unspecified atom stereocenters. The standard InChI is InChI=1S/C21H24F2N2O4/c22-15-4-16(23)6-17(5-15)25-18(26)11-29-19(27)10-24-20(28)21-7-12-1-13(8-21)3-14(2-12)9-21/h4-6,12-14H,1-3,7-11H2,(H,24,28)(H,25,26). The Morgan fingerprint density at radius 1 is 0.966 bits per heavy atom. The molecule has 0 aliphatic heterocycles. The molecule has 4 fully saturated rings. The van der Waals surface area contributed by atoms with E-state index in [1.165, 1.54) is 19.3 Å². The summed E-state index contributed by atoms with van der Waals surface area (Å²) in [7, 11) is 0. The fourth-order valence-electron chi connectivity index (χ4n) is 5.75. The van der Waals surface area contributed by atoms with Crippen LogP contribution in [0.25, 0.3) is 0 Å². The fraction of sp³-hybridized carbons (Fsp3) is 0.571. The summed E-state index contributed by atoms with van der Waals surface area (Å²) in [6.45, 7) is -0.910. The van der Waals surface area contributed by atoms with Crippen LogP contribution in [0.5, 0.6) is 0 Å². The van der Waals surface area contributed by atoms with Crippen molar-refractivity contribution in [2.45, 2.75) is 38.5 Å². The molecule has 8 heteroatoms. The molecule has 5 rings (SSSR count). The normalized spacial score (nSPS) is 29.4. The molecule has 0 radical (unpaired) electrons. The lowest BCUT2D eigenvalue weighted by Crippen LogP contribution is -2.54. The van der Waals surface area contributed by atoms with Gasteiger partial charge in [-0.3, -0.25) is 14.4 Å². The minimum atomic E-state index is -0.829. The van der Waals surface area contributed by atoms with E-state index in [1.807, 2.05) is 0 Å². The Bertz CT molecular complexity index is 786. The molecule has 4 saturated carbocycles. The van der Waals surface area contributed by atoms with E-state index < -0.39 is 30.1 Å². The molecule has 2 N–H and O–H groups in total. The summed E-state index contributed by atoms with van der Waals surface area (Å²) in [6, 6.07) is 2.59. The Hall–Kier alpha value is -2.51. The van der Waals surface area contributed by atoms with Gasteiger partial charge in [-0.25, -0.2) is 8.78 Å². The van der Waals surface area contributed by atoms with Crippen LogP contribution in [0.3, 0.4) is 0 Å². The summed E-state index contributed by atoms with van der Waals surface area (Å²) >= 11 is 0. The van der Waals surface area contributed by atoms with Crippen LogP contribution in [-0.2, 0) is 19.1 Å². The largest absolute Gasteiger partial charge is 0.454 e. The van der Waals surface area contributed by atoms with Crippen molar-refractivity contribution in [2.75, 3.05) is 18.5 Å². The zero-order valence-corrected chi connectivity index (χ0v) is 16.0. The molecule has 0 spiro atoms. The first-order chi connectivity index (χ1) is 13.8. The molecule has 0 heterocycles. The monoisotopic (exact) mass is 406 g/mol. The van der Waals surface area contributed by atoms with Gasteiger partial charge in [0.15, 0.2) is 6.61 Å². The number of benzene rings is 1. The van der Waals surface area contributed by atoms with Gasteiger partial charge in [0.25, 0.3) is 5.91 Å². The molecule has 2 amide bonds.